The van der Waals surface area contributed by atoms with Crippen LogP contribution in [-0.4, -0.2) is 22.9 Å². The quantitative estimate of drug-likeness (QED) is 0.493. The van der Waals surface area contributed by atoms with E-state index in [9.17, 15) is 22.8 Å². The van der Waals surface area contributed by atoms with Crippen LogP contribution in [0.4, 0.5) is 13.2 Å². The molecule has 0 aliphatic rings. The van der Waals surface area contributed by atoms with E-state index in [-0.39, 0.29) is 17.7 Å². The molecule has 22 heavy (non-hydrogen) atoms. The number of nitrogens with zero attached hydrogens (tertiary/aromatic N) is 1. The molecule has 0 atom stereocenters. The lowest BCUT2D eigenvalue weighted by Gasteiger charge is -2.08. The monoisotopic (exact) mass is 313 g/mol. The summed E-state index contributed by atoms with van der Waals surface area (Å²) in [6.45, 7) is 3.69. The van der Waals surface area contributed by atoms with E-state index in [2.05, 4.69) is 4.74 Å². The Balaban J connectivity index is 2.56. The first-order chi connectivity index (χ1) is 10.3. The van der Waals surface area contributed by atoms with Crippen LogP contribution in [0.5, 0.6) is 0 Å². The van der Waals surface area contributed by atoms with E-state index in [0.717, 1.165) is 12.1 Å². The Labute approximate surface area is 124 Å². The maximum Gasteiger partial charge on any atom is 0.416 e. The first-order valence-corrected chi connectivity index (χ1v) is 6.71. The Bertz CT molecular complexity index is 731. The van der Waals surface area contributed by atoms with Crippen LogP contribution in [-0.2, 0) is 22.3 Å². The Morgan fingerprint density at radius 3 is 2.41 bits per heavy atom. The lowest BCUT2D eigenvalue weighted by atomic mass is 10.1. The molecule has 118 valence electrons. The average Bonchev–Trinajstić information content (AvgIpc) is 2.83. The average molecular weight is 313 g/mol. The van der Waals surface area contributed by atoms with Crippen molar-refractivity contribution in [3.8, 4) is 0 Å². The third-order valence-corrected chi connectivity index (χ3v) is 3.24. The van der Waals surface area contributed by atoms with Crippen LogP contribution in [0.15, 0.2) is 24.3 Å². The van der Waals surface area contributed by atoms with Gasteiger partial charge in [-0.25, -0.2) is 4.79 Å². The van der Waals surface area contributed by atoms with Gasteiger partial charge in [0.1, 0.15) is 0 Å². The van der Waals surface area contributed by atoms with Gasteiger partial charge in [0.15, 0.2) is 0 Å². The fourth-order valence-electron chi connectivity index (χ4n) is 2.28. The minimum atomic E-state index is -4.46. The summed E-state index contributed by atoms with van der Waals surface area (Å²) in [6.07, 6.45) is -4.46. The van der Waals surface area contributed by atoms with Gasteiger partial charge in [0, 0.05) is 17.4 Å². The second-order valence-corrected chi connectivity index (χ2v) is 4.59. The molecule has 1 heterocycles. The number of alkyl halides is 3. The van der Waals surface area contributed by atoms with Crippen molar-refractivity contribution in [3.63, 3.8) is 0 Å². The molecule has 2 aromatic rings. The third kappa shape index (κ3) is 2.84. The number of ether oxygens (including phenoxy) is 1. The number of hydrogen-bond acceptors (Lipinski definition) is 3. The number of halogens is 3. The van der Waals surface area contributed by atoms with Crippen LogP contribution in [0.2, 0.25) is 0 Å². The van der Waals surface area contributed by atoms with Gasteiger partial charge in [0.05, 0.1) is 17.9 Å². The summed E-state index contributed by atoms with van der Waals surface area (Å²) in [5, 5.41) is 0.254. The van der Waals surface area contributed by atoms with Gasteiger partial charge in [-0.2, -0.15) is 13.2 Å². The normalized spacial score (nSPS) is 11.7. The third-order valence-electron chi connectivity index (χ3n) is 3.24. The lowest BCUT2D eigenvalue weighted by Crippen LogP contribution is -2.20. The number of fused-ring (bicyclic) bond motifs is 1. The fraction of sp³-hybridized carbons (Fsp3) is 0.333. The number of carbonyl (C=O) groups excluding carboxylic acids is 2. The molecule has 0 spiro atoms. The number of hydrogen-bond donors (Lipinski definition) is 0. The number of aryl methyl sites for hydroxylation is 1. The molecule has 0 amide bonds. The van der Waals surface area contributed by atoms with E-state index in [4.69, 9.17) is 0 Å². The van der Waals surface area contributed by atoms with Gasteiger partial charge in [-0.05, 0) is 38.1 Å². The first kappa shape index (κ1) is 16.1. The summed E-state index contributed by atoms with van der Waals surface area (Å²) in [6, 6.07) is 4.49. The highest BCUT2D eigenvalue weighted by Gasteiger charge is 2.31. The Morgan fingerprint density at radius 2 is 1.86 bits per heavy atom. The molecule has 1 aromatic carbocycles. The van der Waals surface area contributed by atoms with Gasteiger partial charge in [0.2, 0.25) is 0 Å². The zero-order valence-corrected chi connectivity index (χ0v) is 12.0. The standard InChI is InChI=1S/C15H14F3NO3/c1-3-19-11-6-5-10(15(16,17)18)7-9(11)8-12(19)13(20)14(21)22-4-2/h5-8H,3-4H2,1-2H3. The Hall–Kier alpha value is -2.31. The van der Waals surface area contributed by atoms with Crippen LogP contribution in [0.3, 0.4) is 0 Å². The number of Topliss-reactive ketones (excluding diaryl/α,β-unsaturated/α-hetero) is 1. The zero-order chi connectivity index (χ0) is 16.5. The molecule has 0 fully saturated rings. The SMILES string of the molecule is CCOC(=O)C(=O)c1cc2cc(C(F)(F)F)ccc2n1CC. The highest BCUT2D eigenvalue weighted by Crippen LogP contribution is 2.32. The molecule has 2 rings (SSSR count). The van der Waals surface area contributed by atoms with E-state index in [1.807, 2.05) is 0 Å². The summed E-state index contributed by atoms with van der Waals surface area (Å²) in [4.78, 5) is 23.6. The van der Waals surface area contributed by atoms with Gasteiger partial charge in [-0.1, -0.05) is 0 Å². The number of ketones is 1. The first-order valence-electron chi connectivity index (χ1n) is 6.71. The van der Waals surface area contributed by atoms with E-state index in [1.165, 1.54) is 16.7 Å². The molecule has 4 nitrogen and oxygen atoms in total. The van der Waals surface area contributed by atoms with E-state index < -0.39 is 23.5 Å². The van der Waals surface area contributed by atoms with Gasteiger partial charge in [-0.3, -0.25) is 4.79 Å². The van der Waals surface area contributed by atoms with Gasteiger partial charge in [0.25, 0.3) is 5.78 Å². The van der Waals surface area contributed by atoms with Crippen LogP contribution in [0.25, 0.3) is 10.9 Å². The fourth-order valence-corrected chi connectivity index (χ4v) is 2.28. The lowest BCUT2D eigenvalue weighted by molar-refractivity contribution is -0.138. The molecular formula is C15H14F3NO3. The summed E-state index contributed by atoms with van der Waals surface area (Å²) >= 11 is 0. The number of carbonyl (C=O) groups is 2. The van der Waals surface area contributed by atoms with Crippen molar-refractivity contribution in [2.45, 2.75) is 26.6 Å². The second kappa shape index (κ2) is 5.82. The maximum atomic E-state index is 12.7. The van der Waals surface area contributed by atoms with Crippen molar-refractivity contribution < 1.29 is 27.5 Å². The van der Waals surface area contributed by atoms with Crippen molar-refractivity contribution in [3.05, 3.63) is 35.5 Å². The number of esters is 1. The van der Waals surface area contributed by atoms with Crippen LogP contribution < -0.4 is 0 Å². The Kier molecular flexibility index (Phi) is 4.25. The predicted molar refractivity (Wildman–Crippen MR) is 73.6 cm³/mol. The highest BCUT2D eigenvalue weighted by atomic mass is 19.4. The van der Waals surface area contributed by atoms with Crippen LogP contribution in [0, 0.1) is 0 Å². The summed E-state index contributed by atoms with van der Waals surface area (Å²) in [5.41, 5.74) is -0.318. The number of benzene rings is 1. The Morgan fingerprint density at radius 1 is 1.18 bits per heavy atom. The van der Waals surface area contributed by atoms with Crippen LogP contribution in [0.1, 0.15) is 29.9 Å². The summed E-state index contributed by atoms with van der Waals surface area (Å²) < 4.78 is 44.4. The molecule has 0 radical (unpaired) electrons. The molecule has 0 saturated carbocycles. The van der Waals surface area contributed by atoms with Crippen molar-refractivity contribution in [1.29, 1.82) is 0 Å². The minimum Gasteiger partial charge on any atom is -0.460 e. The smallest absolute Gasteiger partial charge is 0.416 e. The molecule has 0 N–H and O–H groups in total. The molecular weight excluding hydrogens is 299 g/mol. The molecule has 7 heteroatoms. The molecule has 0 bridgehead atoms. The highest BCUT2D eigenvalue weighted by molar-refractivity contribution is 6.40. The number of aromatic nitrogens is 1. The van der Waals surface area contributed by atoms with E-state index in [1.54, 1.807) is 13.8 Å². The van der Waals surface area contributed by atoms with Gasteiger partial charge >= 0.3 is 12.1 Å². The van der Waals surface area contributed by atoms with Gasteiger partial charge in [-0.15, -0.1) is 0 Å². The maximum absolute atomic E-state index is 12.7. The molecule has 0 unspecified atom stereocenters. The summed E-state index contributed by atoms with van der Waals surface area (Å²) in [5.74, 6) is -1.88. The zero-order valence-electron chi connectivity index (χ0n) is 12.0. The summed E-state index contributed by atoms with van der Waals surface area (Å²) in [7, 11) is 0. The molecule has 0 aliphatic heterocycles. The van der Waals surface area contributed by atoms with E-state index >= 15 is 0 Å². The second-order valence-electron chi connectivity index (χ2n) is 4.59. The number of rotatable bonds is 4. The van der Waals surface area contributed by atoms with E-state index in [0.29, 0.717) is 12.1 Å². The predicted octanol–water partition coefficient (Wildman–Crippen LogP) is 3.43. The molecule has 0 saturated heterocycles. The van der Waals surface area contributed by atoms with Crippen molar-refractivity contribution in [1.82, 2.24) is 4.57 Å². The topological polar surface area (TPSA) is 48.3 Å². The minimum absolute atomic E-state index is 0.0234. The molecule has 0 aliphatic carbocycles. The van der Waals surface area contributed by atoms with Crippen molar-refractivity contribution in [2.75, 3.05) is 6.61 Å². The van der Waals surface area contributed by atoms with Crippen molar-refractivity contribution >= 4 is 22.7 Å². The molecule has 1 aromatic heterocycles. The largest absolute Gasteiger partial charge is 0.460 e. The van der Waals surface area contributed by atoms with Crippen molar-refractivity contribution in [2.24, 2.45) is 0 Å². The van der Waals surface area contributed by atoms with Gasteiger partial charge < -0.3 is 9.30 Å². The van der Waals surface area contributed by atoms with Crippen LogP contribution >= 0.6 is 0 Å².